The van der Waals surface area contributed by atoms with Gasteiger partial charge in [0.1, 0.15) is 0 Å². The quantitative estimate of drug-likeness (QED) is 0.385. The Morgan fingerprint density at radius 1 is 0.556 bits per heavy atom. The fourth-order valence-corrected chi connectivity index (χ4v) is 3.46. The Morgan fingerprint density at radius 3 is 1.59 bits per heavy atom. The highest BCUT2D eigenvalue weighted by atomic mass is 14.8. The average Bonchev–Trinajstić information content (AvgIpc) is 3.07. The normalized spacial score (nSPS) is 12.3. The van der Waals surface area contributed by atoms with Gasteiger partial charge in [-0.2, -0.15) is 5.26 Å². The molecule has 2 heteroatoms. The van der Waals surface area contributed by atoms with Crippen LogP contribution in [0.3, 0.4) is 0 Å². The van der Waals surface area contributed by atoms with Crippen LogP contribution in [0.15, 0.2) is 103 Å². The van der Waals surface area contributed by atoms with Crippen LogP contribution >= 0.6 is 0 Å². The van der Waals surface area contributed by atoms with Crippen LogP contribution in [0.2, 0.25) is 0 Å². The minimum atomic E-state index is 0.740. The lowest BCUT2D eigenvalue weighted by molar-refractivity contribution is 1.20. The van der Waals surface area contributed by atoms with Gasteiger partial charge in [0, 0.05) is 17.8 Å². The van der Waals surface area contributed by atoms with Gasteiger partial charge >= 0.3 is 0 Å². The monoisotopic (exact) mass is 346 g/mol. The lowest BCUT2D eigenvalue weighted by Gasteiger charge is -2.10. The van der Waals surface area contributed by atoms with Crippen LogP contribution in [-0.2, 0) is 0 Å². The summed E-state index contributed by atoms with van der Waals surface area (Å²) in [7, 11) is 0. The number of hydrogen-bond donors (Lipinski definition) is 1. The van der Waals surface area contributed by atoms with E-state index in [4.69, 9.17) is 0 Å². The number of allylic oxidation sites excluding steroid dienone is 4. The maximum Gasteiger partial charge on any atom is 0.0998 e. The molecule has 5 rings (SSSR count). The van der Waals surface area contributed by atoms with Gasteiger partial charge in [-0.25, -0.2) is 0 Å². The topological polar surface area (TPSA) is 35.8 Å². The van der Waals surface area contributed by atoms with Gasteiger partial charge in [-0.05, 0) is 45.1 Å². The lowest BCUT2D eigenvalue weighted by Crippen LogP contribution is -1.87. The van der Waals surface area contributed by atoms with Crippen LogP contribution in [0.4, 0.5) is 0 Å². The molecule has 1 aliphatic heterocycles. The molecule has 0 amide bonds. The Labute approximate surface area is 158 Å². The van der Waals surface area contributed by atoms with E-state index in [1.54, 1.807) is 0 Å². The molecule has 128 valence electrons. The number of nitrogens with zero attached hydrogens (tertiary/aromatic N) is 1. The van der Waals surface area contributed by atoms with Crippen molar-refractivity contribution in [2.45, 2.75) is 0 Å². The maximum atomic E-state index is 9.42. The highest BCUT2D eigenvalue weighted by molar-refractivity contribution is 6.26. The van der Waals surface area contributed by atoms with Gasteiger partial charge in [-0.15, -0.1) is 0 Å². The molecule has 0 atom stereocenters. The number of fused-ring (bicyclic) bond motifs is 6. The Morgan fingerprint density at radius 2 is 1.04 bits per heavy atom. The van der Waals surface area contributed by atoms with E-state index in [1.807, 2.05) is 54.9 Å². The maximum absolute atomic E-state index is 9.42. The van der Waals surface area contributed by atoms with Crippen LogP contribution in [0, 0.1) is 11.3 Å². The van der Waals surface area contributed by atoms with Crippen molar-refractivity contribution in [3.8, 4) is 6.07 Å². The predicted octanol–water partition coefficient (Wildman–Crippen LogP) is 6.19. The van der Waals surface area contributed by atoms with E-state index >= 15 is 0 Å². The Balaban J connectivity index is 0.000000218. The molecule has 1 N–H and O–H groups in total. The molecule has 4 aromatic rings. The third-order valence-corrected chi connectivity index (χ3v) is 4.61. The van der Waals surface area contributed by atoms with E-state index in [0.29, 0.717) is 0 Å². The zero-order valence-corrected chi connectivity index (χ0v) is 14.8. The van der Waals surface area contributed by atoms with Gasteiger partial charge in [-0.3, -0.25) is 0 Å². The molecule has 1 aliphatic rings. The van der Waals surface area contributed by atoms with Crippen LogP contribution in [-0.4, -0.2) is 0 Å². The van der Waals surface area contributed by atoms with E-state index in [2.05, 4.69) is 59.9 Å². The molecule has 0 spiro atoms. The van der Waals surface area contributed by atoms with Gasteiger partial charge < -0.3 is 5.32 Å². The first-order valence-corrected chi connectivity index (χ1v) is 8.87. The Bertz CT molecular complexity index is 1200. The summed E-state index contributed by atoms with van der Waals surface area (Å²) in [5.74, 6) is 0. The number of benzene rings is 4. The zero-order valence-electron chi connectivity index (χ0n) is 14.8. The van der Waals surface area contributed by atoms with Crippen molar-refractivity contribution in [3.63, 3.8) is 0 Å². The highest BCUT2D eigenvalue weighted by Crippen LogP contribution is 2.36. The molecule has 0 saturated heterocycles. The van der Waals surface area contributed by atoms with Crippen molar-refractivity contribution in [2.24, 2.45) is 0 Å². The average molecular weight is 346 g/mol. The third kappa shape index (κ3) is 3.19. The zero-order chi connectivity index (χ0) is 18.5. The van der Waals surface area contributed by atoms with Crippen molar-refractivity contribution in [1.82, 2.24) is 5.32 Å². The summed E-state index contributed by atoms with van der Waals surface area (Å²) in [6.07, 6.45) is 11.6. The molecule has 4 aromatic carbocycles. The van der Waals surface area contributed by atoms with Crippen molar-refractivity contribution >= 4 is 32.3 Å². The summed E-state index contributed by atoms with van der Waals surface area (Å²) >= 11 is 0. The molecule has 0 bridgehead atoms. The van der Waals surface area contributed by atoms with Crippen LogP contribution in [0.25, 0.3) is 32.3 Å². The van der Waals surface area contributed by atoms with Crippen molar-refractivity contribution < 1.29 is 0 Å². The van der Waals surface area contributed by atoms with E-state index in [9.17, 15) is 5.26 Å². The first-order chi connectivity index (χ1) is 13.4. The Kier molecular flexibility index (Phi) is 4.68. The molecule has 27 heavy (non-hydrogen) atoms. The first kappa shape index (κ1) is 16.6. The SMILES string of the molecule is C1=CC=CNC=C1.N#Cc1cccc2c3ccccc3c3ccccc3c12. The molecule has 2 nitrogen and oxygen atoms in total. The van der Waals surface area contributed by atoms with E-state index in [-0.39, 0.29) is 0 Å². The van der Waals surface area contributed by atoms with Crippen LogP contribution in [0.1, 0.15) is 5.56 Å². The number of nitrogens with one attached hydrogen (secondary N) is 1. The molecule has 0 unspecified atom stereocenters. The second kappa shape index (κ2) is 7.59. The van der Waals surface area contributed by atoms with Crippen molar-refractivity contribution in [3.05, 3.63) is 109 Å². The second-order valence-electron chi connectivity index (χ2n) is 6.20. The largest absolute Gasteiger partial charge is 0.368 e. The van der Waals surface area contributed by atoms with Gasteiger partial charge in [-0.1, -0.05) is 72.8 Å². The number of hydrogen-bond acceptors (Lipinski definition) is 2. The molecule has 1 heterocycles. The lowest BCUT2D eigenvalue weighted by atomic mass is 9.92. The molecular formula is C25H18N2. The highest BCUT2D eigenvalue weighted by Gasteiger charge is 2.10. The molecule has 0 aliphatic carbocycles. The van der Waals surface area contributed by atoms with Gasteiger partial charge in [0.05, 0.1) is 11.6 Å². The smallest absolute Gasteiger partial charge is 0.0998 e. The van der Waals surface area contributed by atoms with E-state index in [0.717, 1.165) is 21.7 Å². The van der Waals surface area contributed by atoms with Crippen LogP contribution in [0.5, 0.6) is 0 Å². The predicted molar refractivity (Wildman–Crippen MR) is 114 cm³/mol. The summed E-state index contributed by atoms with van der Waals surface area (Å²) in [4.78, 5) is 0. The third-order valence-electron chi connectivity index (χ3n) is 4.61. The molecule has 0 fully saturated rings. The molecular weight excluding hydrogens is 328 g/mol. The fraction of sp³-hybridized carbons (Fsp3) is 0. The number of rotatable bonds is 0. The molecule has 0 saturated carbocycles. The van der Waals surface area contributed by atoms with Crippen LogP contribution < -0.4 is 5.32 Å². The van der Waals surface area contributed by atoms with Gasteiger partial charge in [0.2, 0.25) is 0 Å². The van der Waals surface area contributed by atoms with Crippen molar-refractivity contribution in [1.29, 1.82) is 5.26 Å². The minimum Gasteiger partial charge on any atom is -0.368 e. The second-order valence-corrected chi connectivity index (χ2v) is 6.20. The van der Waals surface area contributed by atoms with Gasteiger partial charge in [0.15, 0.2) is 0 Å². The summed E-state index contributed by atoms with van der Waals surface area (Å²) in [6, 6.07) is 25.0. The fourth-order valence-electron chi connectivity index (χ4n) is 3.46. The summed E-state index contributed by atoms with van der Waals surface area (Å²) in [5.41, 5.74) is 0.740. The van der Waals surface area contributed by atoms with Crippen molar-refractivity contribution in [2.75, 3.05) is 0 Å². The van der Waals surface area contributed by atoms with Gasteiger partial charge in [0.25, 0.3) is 0 Å². The standard InChI is InChI=1S/C19H11N.C6H7N/c20-12-13-6-5-11-18-16-8-2-1-7-14(16)15-9-3-4-10-17(15)19(13)18;1-2-4-6-7-5-3-1/h1-11H;1-7H. The molecule has 0 aromatic heterocycles. The first-order valence-electron chi connectivity index (χ1n) is 8.87. The van der Waals surface area contributed by atoms with E-state index < -0.39 is 0 Å². The Hall–Kier alpha value is -3.83. The number of nitriles is 1. The van der Waals surface area contributed by atoms with E-state index in [1.165, 1.54) is 16.2 Å². The summed E-state index contributed by atoms with van der Waals surface area (Å²) in [6.45, 7) is 0. The molecule has 0 radical (unpaired) electrons. The summed E-state index contributed by atoms with van der Waals surface area (Å²) < 4.78 is 0. The summed E-state index contributed by atoms with van der Waals surface area (Å²) in [5, 5.41) is 19.4. The minimum absolute atomic E-state index is 0.740.